The van der Waals surface area contributed by atoms with E-state index in [1.165, 1.54) is 6.20 Å². The average molecular weight is 404 g/mol. The molecular weight excluding hydrogens is 378 g/mol. The van der Waals surface area contributed by atoms with Crippen molar-refractivity contribution >= 4 is 35.1 Å². The molecule has 150 valence electrons. The highest BCUT2D eigenvalue weighted by atomic mass is 35.5. The van der Waals surface area contributed by atoms with Crippen LogP contribution in [0.2, 0.25) is 5.02 Å². The number of hydrogen-bond acceptors (Lipinski definition) is 5. The minimum atomic E-state index is -0.364. The number of nitrogens with one attached hydrogen (secondary N) is 2. The van der Waals surface area contributed by atoms with Gasteiger partial charge in [-0.2, -0.15) is 0 Å². The Morgan fingerprint density at radius 2 is 1.79 bits per heavy atom. The first-order valence-electron chi connectivity index (χ1n) is 9.37. The van der Waals surface area contributed by atoms with Crippen molar-refractivity contribution in [1.29, 1.82) is 0 Å². The third-order valence-corrected chi connectivity index (χ3v) is 4.63. The largest absolute Gasteiger partial charge is 0.344 e. The van der Waals surface area contributed by atoms with Crippen LogP contribution in [0, 0.1) is 0 Å². The van der Waals surface area contributed by atoms with E-state index >= 15 is 0 Å². The first-order chi connectivity index (χ1) is 13.4. The zero-order chi connectivity index (χ0) is 20.7. The van der Waals surface area contributed by atoms with Gasteiger partial charge in [0.15, 0.2) is 5.69 Å². The van der Waals surface area contributed by atoms with Gasteiger partial charge in [0.2, 0.25) is 11.9 Å². The van der Waals surface area contributed by atoms with E-state index in [0.717, 1.165) is 24.3 Å². The molecule has 1 aromatic carbocycles. The smallest absolute Gasteiger partial charge is 0.272 e. The molecule has 2 amide bonds. The molecule has 0 saturated carbocycles. The quantitative estimate of drug-likeness (QED) is 0.699. The monoisotopic (exact) mass is 403 g/mol. The van der Waals surface area contributed by atoms with Crippen LogP contribution in [0.3, 0.4) is 0 Å². The zero-order valence-electron chi connectivity index (χ0n) is 16.6. The standard InChI is InChI=1S/C20H26ClN5O2/c1-5-17(27)24-15-10-8-14(9-11-15)13(4)23-19(28)18-16(21)12-22-20(25-18)26(6-2)7-3/h8-13H,5-7H2,1-4H3,(H,23,28)(H,24,27). The van der Waals surface area contributed by atoms with Gasteiger partial charge in [-0.3, -0.25) is 9.59 Å². The van der Waals surface area contributed by atoms with Gasteiger partial charge >= 0.3 is 0 Å². The molecule has 8 heteroatoms. The number of amides is 2. The highest BCUT2D eigenvalue weighted by molar-refractivity contribution is 6.33. The molecule has 1 atom stereocenters. The summed E-state index contributed by atoms with van der Waals surface area (Å²) in [6.07, 6.45) is 1.87. The Bertz CT molecular complexity index is 822. The van der Waals surface area contributed by atoms with Crippen LogP contribution >= 0.6 is 11.6 Å². The molecule has 7 nitrogen and oxygen atoms in total. The number of carbonyl (C=O) groups is 2. The van der Waals surface area contributed by atoms with Crippen LogP contribution in [-0.2, 0) is 4.79 Å². The van der Waals surface area contributed by atoms with Crippen molar-refractivity contribution in [3.8, 4) is 0 Å². The molecule has 0 fully saturated rings. The molecule has 28 heavy (non-hydrogen) atoms. The van der Waals surface area contributed by atoms with Crippen molar-refractivity contribution in [2.75, 3.05) is 23.3 Å². The number of carbonyl (C=O) groups excluding carboxylic acids is 2. The van der Waals surface area contributed by atoms with Gasteiger partial charge < -0.3 is 15.5 Å². The molecule has 0 bridgehead atoms. The maximum atomic E-state index is 12.7. The summed E-state index contributed by atoms with van der Waals surface area (Å²) in [7, 11) is 0. The summed E-state index contributed by atoms with van der Waals surface area (Å²) in [4.78, 5) is 34.6. The Balaban J connectivity index is 2.11. The fraction of sp³-hybridized carbons (Fsp3) is 0.400. The number of anilines is 2. The lowest BCUT2D eigenvalue weighted by atomic mass is 10.1. The lowest BCUT2D eigenvalue weighted by Gasteiger charge is -2.20. The summed E-state index contributed by atoms with van der Waals surface area (Å²) < 4.78 is 0. The normalized spacial score (nSPS) is 11.6. The number of hydrogen-bond donors (Lipinski definition) is 2. The molecule has 1 heterocycles. The van der Waals surface area contributed by atoms with Crippen molar-refractivity contribution in [3.63, 3.8) is 0 Å². The Kier molecular flexibility index (Phi) is 7.75. The number of rotatable bonds is 8. The van der Waals surface area contributed by atoms with Crippen LogP contribution in [-0.4, -0.2) is 34.9 Å². The topological polar surface area (TPSA) is 87.2 Å². The Morgan fingerprint density at radius 3 is 2.36 bits per heavy atom. The predicted octanol–water partition coefficient (Wildman–Crippen LogP) is 3.82. The van der Waals surface area contributed by atoms with E-state index in [-0.39, 0.29) is 28.6 Å². The summed E-state index contributed by atoms with van der Waals surface area (Å²) in [5.41, 5.74) is 1.77. The minimum Gasteiger partial charge on any atom is -0.344 e. The van der Waals surface area contributed by atoms with Crippen molar-refractivity contribution in [2.45, 2.75) is 40.2 Å². The molecule has 0 radical (unpaired) electrons. The second-order valence-corrected chi connectivity index (χ2v) is 6.66. The highest BCUT2D eigenvalue weighted by Gasteiger charge is 2.18. The van der Waals surface area contributed by atoms with Crippen LogP contribution in [0.4, 0.5) is 11.6 Å². The van der Waals surface area contributed by atoms with E-state index < -0.39 is 0 Å². The Labute approximate surface area is 170 Å². The number of benzene rings is 1. The molecule has 2 rings (SSSR count). The summed E-state index contributed by atoms with van der Waals surface area (Å²) >= 11 is 6.15. The van der Waals surface area contributed by atoms with Crippen molar-refractivity contribution in [1.82, 2.24) is 15.3 Å². The average Bonchev–Trinajstić information content (AvgIpc) is 2.70. The maximum absolute atomic E-state index is 12.7. The number of aromatic nitrogens is 2. The second kappa shape index (κ2) is 10.0. The van der Waals surface area contributed by atoms with Crippen LogP contribution in [0.15, 0.2) is 30.5 Å². The molecule has 0 aliphatic heterocycles. The minimum absolute atomic E-state index is 0.0449. The van der Waals surface area contributed by atoms with E-state index in [9.17, 15) is 9.59 Å². The summed E-state index contributed by atoms with van der Waals surface area (Å²) in [6.45, 7) is 9.13. The molecule has 0 spiro atoms. The molecule has 2 N–H and O–H groups in total. The first-order valence-corrected chi connectivity index (χ1v) is 9.75. The van der Waals surface area contributed by atoms with Gasteiger partial charge in [-0.05, 0) is 38.5 Å². The third kappa shape index (κ3) is 5.42. The van der Waals surface area contributed by atoms with Crippen molar-refractivity contribution < 1.29 is 9.59 Å². The number of nitrogens with zero attached hydrogens (tertiary/aromatic N) is 3. The molecule has 0 saturated heterocycles. The Morgan fingerprint density at radius 1 is 1.14 bits per heavy atom. The van der Waals surface area contributed by atoms with Gasteiger partial charge in [-0.25, -0.2) is 9.97 Å². The summed E-state index contributed by atoms with van der Waals surface area (Å²) in [6, 6.07) is 7.08. The molecule has 0 aliphatic rings. The fourth-order valence-electron chi connectivity index (χ4n) is 2.63. The van der Waals surface area contributed by atoms with Crippen LogP contribution < -0.4 is 15.5 Å². The van der Waals surface area contributed by atoms with Gasteiger partial charge in [0.05, 0.1) is 17.3 Å². The van der Waals surface area contributed by atoms with Gasteiger partial charge in [0.25, 0.3) is 5.91 Å². The molecule has 0 aliphatic carbocycles. The van der Waals surface area contributed by atoms with E-state index in [1.54, 1.807) is 6.92 Å². The van der Waals surface area contributed by atoms with Gasteiger partial charge in [-0.1, -0.05) is 30.7 Å². The second-order valence-electron chi connectivity index (χ2n) is 6.26. The summed E-state index contributed by atoms with van der Waals surface area (Å²) in [5.74, 6) is 0.0661. The zero-order valence-corrected chi connectivity index (χ0v) is 17.4. The SMILES string of the molecule is CCC(=O)Nc1ccc(C(C)NC(=O)c2nc(N(CC)CC)ncc2Cl)cc1. The molecular formula is C20H26ClN5O2. The van der Waals surface area contributed by atoms with E-state index in [0.29, 0.717) is 12.4 Å². The van der Waals surface area contributed by atoms with Crippen molar-refractivity contribution in [2.24, 2.45) is 0 Å². The van der Waals surface area contributed by atoms with E-state index in [4.69, 9.17) is 11.6 Å². The molecule has 1 unspecified atom stereocenters. The van der Waals surface area contributed by atoms with Crippen molar-refractivity contribution in [3.05, 3.63) is 46.7 Å². The molecule has 1 aromatic heterocycles. The Hall–Kier alpha value is -2.67. The number of halogens is 1. The van der Waals surface area contributed by atoms with Crippen LogP contribution in [0.25, 0.3) is 0 Å². The summed E-state index contributed by atoms with van der Waals surface area (Å²) in [5, 5.41) is 5.91. The lowest BCUT2D eigenvalue weighted by Crippen LogP contribution is -2.30. The highest BCUT2D eigenvalue weighted by Crippen LogP contribution is 2.20. The van der Waals surface area contributed by atoms with Crippen LogP contribution in [0.5, 0.6) is 0 Å². The van der Waals surface area contributed by atoms with Gasteiger partial charge in [0, 0.05) is 25.2 Å². The van der Waals surface area contributed by atoms with E-state index in [1.807, 2.05) is 49.9 Å². The van der Waals surface area contributed by atoms with E-state index in [2.05, 4.69) is 20.6 Å². The predicted molar refractivity (Wildman–Crippen MR) is 112 cm³/mol. The van der Waals surface area contributed by atoms with Gasteiger partial charge in [-0.15, -0.1) is 0 Å². The molecule has 2 aromatic rings. The van der Waals surface area contributed by atoms with Crippen LogP contribution in [0.1, 0.15) is 56.2 Å². The third-order valence-electron chi connectivity index (χ3n) is 4.36. The van der Waals surface area contributed by atoms with Gasteiger partial charge in [0.1, 0.15) is 0 Å². The first kappa shape index (κ1) is 21.6. The maximum Gasteiger partial charge on any atom is 0.272 e. The fourth-order valence-corrected chi connectivity index (χ4v) is 2.81. The lowest BCUT2D eigenvalue weighted by molar-refractivity contribution is -0.115.